The van der Waals surface area contributed by atoms with Crippen LogP contribution in [0.1, 0.15) is 12.2 Å². The molecule has 3 aromatic rings. The number of amides is 1. The molecule has 6 heteroatoms. The standard InChI is InChI=1S/C20H18FN3OS/c1-14-22-18(15-7-3-2-4-8-15)13-20(23-14)26-12-11-19(25)24-17-10-6-5-9-16(17)21/h2-10,13H,11-12H2,1H3,(H,24,25). The van der Waals surface area contributed by atoms with Crippen LogP contribution in [0.2, 0.25) is 0 Å². The molecule has 0 saturated heterocycles. The first-order valence-electron chi connectivity index (χ1n) is 8.20. The first kappa shape index (κ1) is 18.1. The van der Waals surface area contributed by atoms with E-state index < -0.39 is 5.82 Å². The van der Waals surface area contributed by atoms with Crippen LogP contribution in [0.25, 0.3) is 11.3 Å². The predicted octanol–water partition coefficient (Wildman–Crippen LogP) is 4.71. The summed E-state index contributed by atoms with van der Waals surface area (Å²) in [5.74, 6) is 0.569. The van der Waals surface area contributed by atoms with Crippen LogP contribution in [0, 0.1) is 12.7 Å². The maximum atomic E-state index is 13.6. The fourth-order valence-electron chi connectivity index (χ4n) is 2.39. The second-order valence-corrected chi connectivity index (χ2v) is 6.75. The summed E-state index contributed by atoms with van der Waals surface area (Å²) >= 11 is 1.48. The van der Waals surface area contributed by atoms with Gasteiger partial charge in [0.25, 0.3) is 0 Å². The summed E-state index contributed by atoms with van der Waals surface area (Å²) in [4.78, 5) is 20.9. The Balaban J connectivity index is 1.59. The molecule has 0 aliphatic rings. The van der Waals surface area contributed by atoms with Crippen LogP contribution in [0.3, 0.4) is 0 Å². The van der Waals surface area contributed by atoms with Gasteiger partial charge in [0.05, 0.1) is 11.4 Å². The van der Waals surface area contributed by atoms with Crippen molar-refractivity contribution in [3.63, 3.8) is 0 Å². The van der Waals surface area contributed by atoms with Crippen molar-refractivity contribution in [3.8, 4) is 11.3 Å². The summed E-state index contributed by atoms with van der Waals surface area (Å²) in [6.45, 7) is 1.85. The Bertz CT molecular complexity index is 903. The molecule has 1 N–H and O–H groups in total. The number of benzene rings is 2. The van der Waals surface area contributed by atoms with E-state index in [9.17, 15) is 9.18 Å². The fourth-order valence-corrected chi connectivity index (χ4v) is 3.28. The van der Waals surface area contributed by atoms with E-state index in [0.29, 0.717) is 11.6 Å². The summed E-state index contributed by atoms with van der Waals surface area (Å²) in [6.07, 6.45) is 0.267. The van der Waals surface area contributed by atoms with Gasteiger partial charge >= 0.3 is 0 Å². The topological polar surface area (TPSA) is 54.9 Å². The van der Waals surface area contributed by atoms with Gasteiger partial charge < -0.3 is 5.32 Å². The molecule has 0 bridgehead atoms. The molecule has 1 amide bonds. The number of hydrogen-bond donors (Lipinski definition) is 1. The van der Waals surface area contributed by atoms with Crippen LogP contribution in [0.5, 0.6) is 0 Å². The van der Waals surface area contributed by atoms with Gasteiger partial charge in [-0.15, -0.1) is 11.8 Å². The molecule has 0 aliphatic heterocycles. The number of halogens is 1. The van der Waals surface area contributed by atoms with E-state index >= 15 is 0 Å². The van der Waals surface area contributed by atoms with Crippen molar-refractivity contribution in [2.45, 2.75) is 18.4 Å². The molecule has 4 nitrogen and oxygen atoms in total. The summed E-state index contributed by atoms with van der Waals surface area (Å²) < 4.78 is 13.6. The van der Waals surface area contributed by atoms with Gasteiger partial charge in [-0.1, -0.05) is 42.5 Å². The monoisotopic (exact) mass is 367 g/mol. The SMILES string of the molecule is Cc1nc(SCCC(=O)Nc2ccccc2F)cc(-c2ccccc2)n1. The summed E-state index contributed by atoms with van der Waals surface area (Å²) in [6, 6.07) is 17.9. The minimum atomic E-state index is -0.438. The molecule has 26 heavy (non-hydrogen) atoms. The van der Waals surface area contributed by atoms with E-state index in [2.05, 4.69) is 15.3 Å². The van der Waals surface area contributed by atoms with E-state index in [4.69, 9.17) is 0 Å². The van der Waals surface area contributed by atoms with Gasteiger partial charge in [0.15, 0.2) is 0 Å². The first-order valence-corrected chi connectivity index (χ1v) is 9.18. The predicted molar refractivity (Wildman–Crippen MR) is 103 cm³/mol. The quantitative estimate of drug-likeness (QED) is 0.506. The van der Waals surface area contributed by atoms with E-state index in [1.807, 2.05) is 43.3 Å². The number of nitrogens with one attached hydrogen (secondary N) is 1. The number of anilines is 1. The summed E-state index contributed by atoms with van der Waals surface area (Å²) in [7, 11) is 0. The minimum absolute atomic E-state index is 0.201. The normalized spacial score (nSPS) is 10.5. The van der Waals surface area contributed by atoms with Gasteiger partial charge in [-0.05, 0) is 25.1 Å². The van der Waals surface area contributed by atoms with Gasteiger partial charge in [-0.25, -0.2) is 14.4 Å². The lowest BCUT2D eigenvalue weighted by Gasteiger charge is -2.07. The number of carbonyl (C=O) groups excluding carboxylic acids is 1. The highest BCUT2D eigenvalue weighted by Crippen LogP contribution is 2.23. The number of rotatable bonds is 6. The average Bonchev–Trinajstić information content (AvgIpc) is 2.64. The maximum Gasteiger partial charge on any atom is 0.225 e. The van der Waals surface area contributed by atoms with Gasteiger partial charge in [-0.2, -0.15) is 0 Å². The van der Waals surface area contributed by atoms with Crippen molar-refractivity contribution in [2.75, 3.05) is 11.1 Å². The van der Waals surface area contributed by atoms with Crippen LogP contribution in [-0.2, 0) is 4.79 Å². The Hall–Kier alpha value is -2.73. The Kier molecular flexibility index (Phi) is 5.96. The Morgan fingerprint density at radius 1 is 1.08 bits per heavy atom. The molecule has 3 rings (SSSR count). The van der Waals surface area contributed by atoms with E-state index in [-0.39, 0.29) is 18.0 Å². The average molecular weight is 367 g/mol. The lowest BCUT2D eigenvalue weighted by molar-refractivity contribution is -0.115. The third-order valence-electron chi connectivity index (χ3n) is 3.61. The fraction of sp³-hybridized carbons (Fsp3) is 0.150. The molecule has 0 spiro atoms. The van der Waals surface area contributed by atoms with Crippen molar-refractivity contribution in [2.24, 2.45) is 0 Å². The molecule has 0 unspecified atom stereocenters. The molecule has 1 aromatic heterocycles. The third-order valence-corrected chi connectivity index (χ3v) is 4.52. The Morgan fingerprint density at radius 2 is 1.81 bits per heavy atom. The highest BCUT2D eigenvalue weighted by atomic mass is 32.2. The third kappa shape index (κ3) is 4.89. The number of thioether (sulfide) groups is 1. The van der Waals surface area contributed by atoms with Crippen LogP contribution in [0.4, 0.5) is 10.1 Å². The largest absolute Gasteiger partial charge is 0.324 e. The van der Waals surface area contributed by atoms with Crippen LogP contribution >= 0.6 is 11.8 Å². The molecular weight excluding hydrogens is 349 g/mol. The van der Waals surface area contributed by atoms with E-state index in [0.717, 1.165) is 16.3 Å². The molecular formula is C20H18FN3OS. The second kappa shape index (κ2) is 8.58. The Morgan fingerprint density at radius 3 is 2.58 bits per heavy atom. The zero-order valence-corrected chi connectivity index (χ0v) is 15.1. The minimum Gasteiger partial charge on any atom is -0.324 e. The van der Waals surface area contributed by atoms with Gasteiger partial charge in [0.2, 0.25) is 5.91 Å². The molecule has 2 aromatic carbocycles. The molecule has 0 atom stereocenters. The van der Waals surface area contributed by atoms with Crippen molar-refractivity contribution >= 4 is 23.4 Å². The molecule has 0 radical (unpaired) electrons. The van der Waals surface area contributed by atoms with E-state index in [1.165, 1.54) is 17.8 Å². The van der Waals surface area contributed by atoms with Crippen molar-refractivity contribution in [1.82, 2.24) is 9.97 Å². The van der Waals surface area contributed by atoms with Gasteiger partial charge in [-0.3, -0.25) is 4.79 Å². The number of para-hydroxylation sites is 1. The zero-order valence-electron chi connectivity index (χ0n) is 14.3. The number of hydrogen-bond acceptors (Lipinski definition) is 4. The van der Waals surface area contributed by atoms with Crippen molar-refractivity contribution in [1.29, 1.82) is 0 Å². The van der Waals surface area contributed by atoms with Crippen molar-refractivity contribution < 1.29 is 9.18 Å². The highest BCUT2D eigenvalue weighted by molar-refractivity contribution is 7.99. The number of aromatic nitrogens is 2. The van der Waals surface area contributed by atoms with Gasteiger partial charge in [0, 0.05) is 17.7 Å². The van der Waals surface area contributed by atoms with Crippen LogP contribution in [-0.4, -0.2) is 21.6 Å². The van der Waals surface area contributed by atoms with Crippen LogP contribution in [0.15, 0.2) is 65.7 Å². The van der Waals surface area contributed by atoms with E-state index in [1.54, 1.807) is 18.2 Å². The lowest BCUT2D eigenvalue weighted by Crippen LogP contribution is -2.13. The molecule has 0 saturated carbocycles. The zero-order chi connectivity index (χ0) is 18.4. The lowest BCUT2D eigenvalue weighted by atomic mass is 10.1. The summed E-state index contributed by atoms with van der Waals surface area (Å²) in [5.41, 5.74) is 2.08. The second-order valence-electron chi connectivity index (χ2n) is 5.63. The molecule has 0 aliphatic carbocycles. The highest BCUT2D eigenvalue weighted by Gasteiger charge is 2.08. The van der Waals surface area contributed by atoms with Crippen molar-refractivity contribution in [3.05, 3.63) is 72.3 Å². The summed E-state index contributed by atoms with van der Waals surface area (Å²) in [5, 5.41) is 3.40. The maximum absolute atomic E-state index is 13.6. The molecule has 1 heterocycles. The number of carbonyl (C=O) groups is 1. The number of nitrogens with zero attached hydrogens (tertiary/aromatic N) is 2. The van der Waals surface area contributed by atoms with Gasteiger partial charge in [0.1, 0.15) is 16.7 Å². The molecule has 132 valence electrons. The number of aryl methyl sites for hydroxylation is 1. The van der Waals surface area contributed by atoms with Crippen LogP contribution < -0.4 is 5.32 Å². The Labute approximate surface area is 155 Å². The smallest absolute Gasteiger partial charge is 0.225 e. The molecule has 0 fully saturated rings. The first-order chi connectivity index (χ1) is 12.6.